The first kappa shape index (κ1) is 27.3. The van der Waals surface area contributed by atoms with Crippen LogP contribution in [0.25, 0.3) is 0 Å². The van der Waals surface area contributed by atoms with Crippen LogP contribution >= 0.6 is 0 Å². The maximum absolute atomic E-state index is 13.9. The highest BCUT2D eigenvalue weighted by atomic mass is 16.5. The van der Waals surface area contributed by atoms with Crippen LogP contribution in [-0.4, -0.2) is 39.2 Å². The maximum Gasteiger partial charge on any atom is 0.336 e. The molecule has 0 unspecified atom stereocenters. The van der Waals surface area contributed by atoms with Gasteiger partial charge in [0.2, 0.25) is 0 Å². The van der Waals surface area contributed by atoms with Crippen molar-refractivity contribution in [3.63, 3.8) is 0 Å². The zero-order valence-corrected chi connectivity index (χ0v) is 22.9. The first-order chi connectivity index (χ1) is 18.4. The van der Waals surface area contributed by atoms with Gasteiger partial charge in [0.25, 0.3) is 0 Å². The van der Waals surface area contributed by atoms with E-state index >= 15 is 0 Å². The summed E-state index contributed by atoms with van der Waals surface area (Å²) in [5, 5.41) is 3.41. The second-order valence-electron chi connectivity index (χ2n) is 9.59. The predicted molar refractivity (Wildman–Crippen MR) is 146 cm³/mol. The monoisotopic (exact) mass is 519 g/mol. The zero-order chi connectivity index (χ0) is 27.2. The Kier molecular flexibility index (Phi) is 8.77. The number of esters is 1. The number of carbonyl (C=O) groups excluding carboxylic acids is 2. The van der Waals surface area contributed by atoms with Gasteiger partial charge in [-0.2, -0.15) is 0 Å². The molecule has 0 aromatic heterocycles. The summed E-state index contributed by atoms with van der Waals surface area (Å²) in [6.07, 6.45) is 2.65. The van der Waals surface area contributed by atoms with Crippen LogP contribution in [0.5, 0.6) is 17.2 Å². The lowest BCUT2D eigenvalue weighted by molar-refractivity contribution is -0.139. The van der Waals surface area contributed by atoms with Gasteiger partial charge in [0.1, 0.15) is 5.75 Å². The molecule has 2 aromatic rings. The number of ketones is 1. The smallest absolute Gasteiger partial charge is 0.336 e. The lowest BCUT2D eigenvalue weighted by Crippen LogP contribution is -2.36. The van der Waals surface area contributed by atoms with Gasteiger partial charge in [-0.3, -0.25) is 4.79 Å². The maximum atomic E-state index is 13.9. The number of Topliss-reactive ketones (excluding diaryl/α,β-unsaturated/α-hetero) is 1. The summed E-state index contributed by atoms with van der Waals surface area (Å²) < 4.78 is 22.5. The predicted octanol–water partition coefficient (Wildman–Crippen LogP) is 5.81. The van der Waals surface area contributed by atoms with Crippen LogP contribution in [0, 0.1) is 0 Å². The normalized spacial score (nSPS) is 19.0. The number of dihydropyridines is 1. The second kappa shape index (κ2) is 12.2. The molecule has 2 aliphatic rings. The van der Waals surface area contributed by atoms with Gasteiger partial charge >= 0.3 is 5.97 Å². The minimum Gasteiger partial charge on any atom is -0.494 e. The number of nitrogens with one attached hydrogen (secondary N) is 1. The highest BCUT2D eigenvalue weighted by Gasteiger charge is 2.42. The Bertz CT molecular complexity index is 1260. The van der Waals surface area contributed by atoms with Crippen LogP contribution in [0.2, 0.25) is 0 Å². The topological polar surface area (TPSA) is 83.1 Å². The van der Waals surface area contributed by atoms with Crippen LogP contribution < -0.4 is 19.5 Å². The number of carbonyl (C=O) groups is 2. The Morgan fingerprint density at radius 3 is 2.47 bits per heavy atom. The molecule has 7 nitrogen and oxygen atoms in total. The van der Waals surface area contributed by atoms with Crippen LogP contribution in [0.4, 0.5) is 0 Å². The number of hydrogen-bond donors (Lipinski definition) is 1. The fraction of sp³-hybridized carbons (Fsp3) is 0.419. The second-order valence-corrected chi connectivity index (χ2v) is 9.59. The third-order valence-electron chi connectivity index (χ3n) is 7.19. The Hall–Kier alpha value is -3.74. The molecular weight excluding hydrogens is 482 g/mol. The summed E-state index contributed by atoms with van der Waals surface area (Å²) in [7, 11) is 3.21. The summed E-state index contributed by atoms with van der Waals surface area (Å²) in [6, 6.07) is 13.4. The summed E-state index contributed by atoms with van der Waals surface area (Å²) in [5.74, 6) is 0.930. The first-order valence-corrected chi connectivity index (χ1v) is 13.3. The van der Waals surface area contributed by atoms with E-state index in [4.69, 9.17) is 18.9 Å². The van der Waals surface area contributed by atoms with Crippen LogP contribution in [-0.2, 0) is 14.3 Å². The zero-order valence-electron chi connectivity index (χ0n) is 22.9. The molecule has 0 amide bonds. The van der Waals surface area contributed by atoms with Gasteiger partial charge in [-0.15, -0.1) is 0 Å². The van der Waals surface area contributed by atoms with Gasteiger partial charge in [-0.25, -0.2) is 4.79 Å². The quantitative estimate of drug-likeness (QED) is 0.313. The van der Waals surface area contributed by atoms with Crippen molar-refractivity contribution in [3.8, 4) is 17.2 Å². The van der Waals surface area contributed by atoms with E-state index in [2.05, 4.69) is 5.32 Å². The molecule has 1 N–H and O–H groups in total. The fourth-order valence-electron chi connectivity index (χ4n) is 5.36. The summed E-state index contributed by atoms with van der Waals surface area (Å²) >= 11 is 0. The molecule has 2 atom stereocenters. The highest BCUT2D eigenvalue weighted by molar-refractivity contribution is 6.04. The number of unbranched alkanes of at least 4 members (excludes halogenated alkanes) is 1. The Labute approximate surface area is 224 Å². The molecule has 2 aromatic carbocycles. The van der Waals surface area contributed by atoms with E-state index in [-0.39, 0.29) is 11.7 Å². The molecule has 4 rings (SSSR count). The van der Waals surface area contributed by atoms with Crippen molar-refractivity contribution in [1.82, 2.24) is 5.32 Å². The van der Waals surface area contributed by atoms with E-state index in [9.17, 15) is 9.59 Å². The lowest BCUT2D eigenvalue weighted by Gasteiger charge is -2.37. The molecule has 7 heteroatoms. The summed E-state index contributed by atoms with van der Waals surface area (Å²) in [5.41, 5.74) is 4.40. The average molecular weight is 520 g/mol. The van der Waals surface area contributed by atoms with Crippen molar-refractivity contribution in [2.24, 2.45) is 0 Å². The highest BCUT2D eigenvalue weighted by Crippen LogP contribution is 2.48. The lowest BCUT2D eigenvalue weighted by atomic mass is 9.71. The molecule has 0 fully saturated rings. The summed E-state index contributed by atoms with van der Waals surface area (Å²) in [4.78, 5) is 27.3. The molecule has 0 bridgehead atoms. The minimum atomic E-state index is -0.568. The average Bonchev–Trinajstić information content (AvgIpc) is 2.92. The van der Waals surface area contributed by atoms with Crippen molar-refractivity contribution in [2.45, 2.75) is 58.3 Å². The van der Waals surface area contributed by atoms with E-state index in [1.54, 1.807) is 14.2 Å². The molecule has 38 heavy (non-hydrogen) atoms. The van der Waals surface area contributed by atoms with Gasteiger partial charge in [-0.1, -0.05) is 37.6 Å². The van der Waals surface area contributed by atoms with E-state index in [0.29, 0.717) is 60.1 Å². The molecule has 0 saturated heterocycles. The minimum absolute atomic E-state index is 0.00111. The van der Waals surface area contributed by atoms with Crippen LogP contribution in [0.15, 0.2) is 65.0 Å². The van der Waals surface area contributed by atoms with E-state index < -0.39 is 11.9 Å². The van der Waals surface area contributed by atoms with E-state index in [1.807, 2.05) is 63.2 Å². The Morgan fingerprint density at radius 2 is 1.76 bits per heavy atom. The molecule has 1 aliphatic carbocycles. The largest absolute Gasteiger partial charge is 0.494 e. The van der Waals surface area contributed by atoms with Crippen molar-refractivity contribution in [1.29, 1.82) is 0 Å². The number of rotatable bonds is 10. The standard InChI is InChI=1S/C31H37NO6/c1-6-8-15-38-31(34)28-19(3)32-23-16-21(20-13-14-26(35-4)27(18-20)36-5)17-24(33)30(23)29(28)22-11-9-10-12-25(22)37-7-2/h9-14,18,21,29,32H,6-8,15-17H2,1-5H3/t21-,29-/m1/s1. The van der Waals surface area contributed by atoms with Gasteiger partial charge in [0.05, 0.1) is 38.9 Å². The molecule has 1 aliphatic heterocycles. The van der Waals surface area contributed by atoms with Gasteiger partial charge in [0.15, 0.2) is 17.3 Å². The van der Waals surface area contributed by atoms with Gasteiger partial charge in [0, 0.05) is 29.0 Å². The Balaban J connectivity index is 1.78. The van der Waals surface area contributed by atoms with Crippen molar-refractivity contribution >= 4 is 11.8 Å². The fourth-order valence-corrected chi connectivity index (χ4v) is 5.36. The third kappa shape index (κ3) is 5.42. The molecule has 202 valence electrons. The number of para-hydroxylation sites is 1. The van der Waals surface area contributed by atoms with Crippen molar-refractivity contribution in [3.05, 3.63) is 76.1 Å². The van der Waals surface area contributed by atoms with Gasteiger partial charge < -0.3 is 24.3 Å². The number of benzene rings is 2. The SMILES string of the molecule is CCCCOC(=O)C1=C(C)NC2=C(C(=O)C[C@H](c3ccc(OC)c(OC)c3)C2)[C@@H]1c1ccccc1OCC. The number of hydrogen-bond acceptors (Lipinski definition) is 7. The summed E-state index contributed by atoms with van der Waals surface area (Å²) in [6.45, 7) is 6.66. The first-order valence-electron chi connectivity index (χ1n) is 13.3. The van der Waals surface area contributed by atoms with Crippen molar-refractivity contribution < 1.29 is 28.5 Å². The number of methoxy groups -OCH3 is 2. The van der Waals surface area contributed by atoms with E-state index in [1.165, 1.54) is 0 Å². The van der Waals surface area contributed by atoms with Crippen LogP contribution in [0.3, 0.4) is 0 Å². The molecule has 1 heterocycles. The molecule has 0 spiro atoms. The number of ether oxygens (including phenoxy) is 4. The van der Waals surface area contributed by atoms with Crippen LogP contribution in [0.1, 0.15) is 69.4 Å². The third-order valence-corrected chi connectivity index (χ3v) is 7.19. The van der Waals surface area contributed by atoms with E-state index in [0.717, 1.165) is 29.7 Å². The molecular formula is C31H37NO6. The van der Waals surface area contributed by atoms with Crippen molar-refractivity contribution in [2.75, 3.05) is 27.4 Å². The number of allylic oxidation sites excluding steroid dienone is 3. The Morgan fingerprint density at radius 1 is 1.00 bits per heavy atom. The molecule has 0 saturated carbocycles. The molecule has 0 radical (unpaired) electrons. The van der Waals surface area contributed by atoms with Gasteiger partial charge in [-0.05, 0) is 56.4 Å².